The van der Waals surface area contributed by atoms with Crippen LogP contribution in [0.5, 0.6) is 0 Å². The largest absolute Gasteiger partial charge is 0.480 e. The SMILES string of the molecule is CC(=O)N1CC2(CCN(CCCc3ccccc3)CC2)CC1C(=O)O. The van der Waals surface area contributed by atoms with E-state index in [4.69, 9.17) is 0 Å². The van der Waals surface area contributed by atoms with Crippen LogP contribution in [0.4, 0.5) is 0 Å². The van der Waals surface area contributed by atoms with Crippen molar-refractivity contribution in [2.75, 3.05) is 26.2 Å². The number of aryl methyl sites for hydroxylation is 1. The van der Waals surface area contributed by atoms with Crippen LogP contribution in [0.2, 0.25) is 0 Å². The molecule has 5 heteroatoms. The summed E-state index contributed by atoms with van der Waals surface area (Å²) < 4.78 is 0. The highest BCUT2D eigenvalue weighted by Crippen LogP contribution is 2.43. The maximum Gasteiger partial charge on any atom is 0.326 e. The van der Waals surface area contributed by atoms with E-state index >= 15 is 0 Å². The fraction of sp³-hybridized carbons (Fsp3) is 0.600. The van der Waals surface area contributed by atoms with Crippen LogP contribution in [0, 0.1) is 5.41 Å². The summed E-state index contributed by atoms with van der Waals surface area (Å²) in [6.07, 6.45) is 4.84. The predicted molar refractivity (Wildman–Crippen MR) is 96.3 cm³/mol. The number of likely N-dealkylation sites (tertiary alicyclic amines) is 2. The summed E-state index contributed by atoms with van der Waals surface area (Å²) in [5.74, 6) is -0.980. The maximum atomic E-state index is 11.8. The summed E-state index contributed by atoms with van der Waals surface area (Å²) in [6, 6.07) is 9.92. The number of amides is 1. The molecular formula is C20H28N2O3. The van der Waals surface area contributed by atoms with Gasteiger partial charge in [-0.1, -0.05) is 30.3 Å². The smallest absolute Gasteiger partial charge is 0.326 e. The van der Waals surface area contributed by atoms with Crippen LogP contribution < -0.4 is 0 Å². The monoisotopic (exact) mass is 344 g/mol. The zero-order chi connectivity index (χ0) is 17.9. The van der Waals surface area contributed by atoms with Gasteiger partial charge in [0.05, 0.1) is 0 Å². The van der Waals surface area contributed by atoms with Gasteiger partial charge in [-0.05, 0) is 62.7 Å². The van der Waals surface area contributed by atoms with Crippen molar-refractivity contribution in [2.45, 2.75) is 45.1 Å². The Bertz CT molecular complexity index is 585. The molecule has 1 unspecified atom stereocenters. The van der Waals surface area contributed by atoms with Crippen molar-refractivity contribution < 1.29 is 14.7 Å². The number of carboxylic acid groups (broad SMARTS) is 1. The molecule has 1 atom stereocenters. The van der Waals surface area contributed by atoms with Crippen molar-refractivity contribution in [1.82, 2.24) is 9.80 Å². The molecule has 0 radical (unpaired) electrons. The molecule has 1 aromatic carbocycles. The molecule has 25 heavy (non-hydrogen) atoms. The normalized spacial score (nSPS) is 23.1. The van der Waals surface area contributed by atoms with Crippen molar-refractivity contribution >= 4 is 11.9 Å². The van der Waals surface area contributed by atoms with Crippen LogP contribution in [-0.2, 0) is 16.0 Å². The van der Waals surface area contributed by atoms with Gasteiger partial charge in [0.15, 0.2) is 0 Å². The topological polar surface area (TPSA) is 60.9 Å². The first kappa shape index (κ1) is 17.9. The highest BCUT2D eigenvalue weighted by Gasteiger charge is 2.48. The number of hydrogen-bond acceptors (Lipinski definition) is 3. The Morgan fingerprint density at radius 3 is 2.44 bits per heavy atom. The quantitative estimate of drug-likeness (QED) is 0.891. The lowest BCUT2D eigenvalue weighted by atomic mass is 9.76. The Balaban J connectivity index is 1.48. The third-order valence-electron chi connectivity index (χ3n) is 5.90. The zero-order valence-electron chi connectivity index (χ0n) is 15.0. The molecule has 1 aromatic rings. The molecule has 0 aromatic heterocycles. The van der Waals surface area contributed by atoms with E-state index in [-0.39, 0.29) is 11.3 Å². The lowest BCUT2D eigenvalue weighted by Crippen LogP contribution is -2.42. The second-order valence-electron chi connectivity index (χ2n) is 7.64. The Morgan fingerprint density at radius 2 is 1.88 bits per heavy atom. The van der Waals surface area contributed by atoms with Crippen LogP contribution in [0.25, 0.3) is 0 Å². The molecule has 0 bridgehead atoms. The fourth-order valence-electron chi connectivity index (χ4n) is 4.37. The van der Waals surface area contributed by atoms with E-state index in [9.17, 15) is 14.7 Å². The molecule has 3 rings (SSSR count). The minimum Gasteiger partial charge on any atom is -0.480 e. The van der Waals surface area contributed by atoms with Crippen LogP contribution in [0.1, 0.15) is 38.2 Å². The number of nitrogens with zero attached hydrogens (tertiary/aromatic N) is 2. The molecule has 2 aliphatic heterocycles. The third-order valence-corrected chi connectivity index (χ3v) is 5.90. The van der Waals surface area contributed by atoms with E-state index in [0.29, 0.717) is 13.0 Å². The van der Waals surface area contributed by atoms with Crippen molar-refractivity contribution in [3.8, 4) is 0 Å². The lowest BCUT2D eigenvalue weighted by molar-refractivity contribution is -0.147. The van der Waals surface area contributed by atoms with E-state index in [1.165, 1.54) is 12.5 Å². The standard InChI is InChI=1S/C20H28N2O3/c1-16(23)22-15-20(14-18(22)19(24)25)9-12-21(13-10-20)11-5-8-17-6-3-2-4-7-17/h2-4,6-7,18H,5,8-15H2,1H3,(H,24,25). The molecule has 136 valence electrons. The van der Waals surface area contributed by atoms with Gasteiger partial charge in [0.25, 0.3) is 0 Å². The second-order valence-corrected chi connectivity index (χ2v) is 7.64. The van der Waals surface area contributed by atoms with Gasteiger partial charge in [0.2, 0.25) is 5.91 Å². The van der Waals surface area contributed by atoms with Gasteiger partial charge in [-0.15, -0.1) is 0 Å². The zero-order valence-corrected chi connectivity index (χ0v) is 15.0. The Labute approximate surface area is 149 Å². The number of benzene rings is 1. The van der Waals surface area contributed by atoms with Crippen molar-refractivity contribution in [2.24, 2.45) is 5.41 Å². The van der Waals surface area contributed by atoms with Gasteiger partial charge < -0.3 is 14.9 Å². The van der Waals surface area contributed by atoms with Gasteiger partial charge >= 0.3 is 5.97 Å². The average Bonchev–Trinajstić information content (AvgIpc) is 2.98. The van der Waals surface area contributed by atoms with Crippen LogP contribution in [-0.4, -0.2) is 59.0 Å². The molecule has 5 nitrogen and oxygen atoms in total. The van der Waals surface area contributed by atoms with Gasteiger partial charge in [-0.25, -0.2) is 4.79 Å². The van der Waals surface area contributed by atoms with Gasteiger partial charge in [-0.3, -0.25) is 4.79 Å². The molecule has 1 N–H and O–H groups in total. The summed E-state index contributed by atoms with van der Waals surface area (Å²) in [4.78, 5) is 27.3. The van der Waals surface area contributed by atoms with Gasteiger partial charge in [0, 0.05) is 13.5 Å². The molecule has 2 fully saturated rings. The first-order valence-corrected chi connectivity index (χ1v) is 9.25. The maximum absolute atomic E-state index is 11.8. The molecular weight excluding hydrogens is 316 g/mol. The van der Waals surface area contributed by atoms with E-state index in [2.05, 4.69) is 29.2 Å². The van der Waals surface area contributed by atoms with Crippen molar-refractivity contribution in [1.29, 1.82) is 0 Å². The minimum absolute atomic E-state index is 0.00462. The predicted octanol–water partition coefficient (Wildman–Crippen LogP) is 2.41. The lowest BCUT2D eigenvalue weighted by Gasteiger charge is -2.39. The Kier molecular flexibility index (Phi) is 5.42. The Hall–Kier alpha value is -1.88. The van der Waals surface area contributed by atoms with E-state index in [0.717, 1.165) is 45.3 Å². The number of carbonyl (C=O) groups is 2. The van der Waals surface area contributed by atoms with E-state index in [1.807, 2.05) is 6.07 Å². The van der Waals surface area contributed by atoms with Gasteiger partial charge in [0.1, 0.15) is 6.04 Å². The summed E-state index contributed by atoms with van der Waals surface area (Å²) in [7, 11) is 0. The highest BCUT2D eigenvalue weighted by molar-refractivity contribution is 5.83. The number of piperidine rings is 1. The number of hydrogen-bond donors (Lipinski definition) is 1. The van der Waals surface area contributed by atoms with Crippen molar-refractivity contribution in [3.63, 3.8) is 0 Å². The number of carboxylic acids is 1. The first-order chi connectivity index (χ1) is 12.0. The first-order valence-electron chi connectivity index (χ1n) is 9.25. The summed E-state index contributed by atoms with van der Waals surface area (Å²) in [6.45, 7) is 5.19. The van der Waals surface area contributed by atoms with Gasteiger partial charge in [-0.2, -0.15) is 0 Å². The summed E-state index contributed by atoms with van der Waals surface area (Å²) in [5, 5.41) is 9.42. The molecule has 0 saturated carbocycles. The molecule has 0 aliphatic carbocycles. The fourth-order valence-corrected chi connectivity index (χ4v) is 4.37. The second kappa shape index (κ2) is 7.56. The third kappa shape index (κ3) is 4.21. The minimum atomic E-state index is -0.864. The number of rotatable bonds is 5. The molecule has 2 aliphatic rings. The molecule has 2 saturated heterocycles. The summed E-state index contributed by atoms with van der Waals surface area (Å²) >= 11 is 0. The average molecular weight is 344 g/mol. The number of aliphatic carboxylic acids is 1. The number of carbonyl (C=O) groups excluding carboxylic acids is 1. The highest BCUT2D eigenvalue weighted by atomic mass is 16.4. The molecule has 1 spiro atoms. The molecule has 1 amide bonds. The van der Waals surface area contributed by atoms with E-state index in [1.54, 1.807) is 4.90 Å². The van der Waals surface area contributed by atoms with Crippen LogP contribution in [0.15, 0.2) is 30.3 Å². The van der Waals surface area contributed by atoms with Crippen LogP contribution in [0.3, 0.4) is 0 Å². The van der Waals surface area contributed by atoms with Crippen molar-refractivity contribution in [3.05, 3.63) is 35.9 Å². The van der Waals surface area contributed by atoms with Crippen LogP contribution >= 0.6 is 0 Å². The van der Waals surface area contributed by atoms with E-state index < -0.39 is 12.0 Å². The molecule has 2 heterocycles. The Morgan fingerprint density at radius 1 is 1.20 bits per heavy atom. The summed E-state index contributed by atoms with van der Waals surface area (Å²) in [5.41, 5.74) is 1.39.